The second-order valence-corrected chi connectivity index (χ2v) is 14.1. The van der Waals surface area contributed by atoms with Gasteiger partial charge in [-0.1, -0.05) is 23.2 Å². The van der Waals surface area contributed by atoms with Crippen LogP contribution in [0, 0.1) is 10.1 Å². The molecular weight excluding hydrogens is 743 g/mol. The number of imidazole rings is 1. The Labute approximate surface area is 320 Å². The predicted octanol–water partition coefficient (Wildman–Crippen LogP) is 4.75. The molecule has 284 valence electrons. The molecule has 18 nitrogen and oxygen atoms in total. The summed E-state index contributed by atoms with van der Waals surface area (Å²) in [6.07, 6.45) is 10.2. The molecule has 2 aliphatic heterocycles. The van der Waals surface area contributed by atoms with Gasteiger partial charge in [-0.05, 0) is 34.9 Å². The van der Waals surface area contributed by atoms with Gasteiger partial charge in [0.15, 0.2) is 5.69 Å². The molecule has 0 unspecified atom stereocenters. The number of carbonyl (C=O) groups is 2. The van der Waals surface area contributed by atoms with Gasteiger partial charge in [0.1, 0.15) is 46.1 Å². The van der Waals surface area contributed by atoms with Gasteiger partial charge in [0.05, 0.1) is 47.1 Å². The number of piperidine rings is 1. The van der Waals surface area contributed by atoms with Gasteiger partial charge in [0.2, 0.25) is 18.2 Å². The number of nitrogens with one attached hydrogen (secondary N) is 1. The van der Waals surface area contributed by atoms with E-state index in [9.17, 15) is 19.7 Å². The SMILES string of the molecule is COc1cc(OC)c(Cl)c(N2Cc3cnc(Nc4ccncn4)nc3N(C3CCN(C(=O)/C=C/C[N+](C)(C)Cc4c([N+](=O)[O-])ncn4C)CC3)C2=O)c1Cl. The summed E-state index contributed by atoms with van der Waals surface area (Å²) in [5.41, 5.74) is 1.35. The number of quaternary nitrogens is 1. The van der Waals surface area contributed by atoms with Crippen molar-refractivity contribution >= 4 is 64.2 Å². The number of nitro groups is 1. The molecule has 3 aromatic heterocycles. The Kier molecular flexibility index (Phi) is 11.2. The molecular formula is C34H39Cl2N12O6+. The fourth-order valence-electron chi connectivity index (χ4n) is 6.47. The van der Waals surface area contributed by atoms with Crippen LogP contribution in [0.25, 0.3) is 0 Å². The Morgan fingerprint density at radius 2 is 1.83 bits per heavy atom. The lowest BCUT2D eigenvalue weighted by atomic mass is 10.0. The highest BCUT2D eigenvalue weighted by atomic mass is 35.5. The number of nitrogens with zero attached hydrogens (tertiary/aromatic N) is 11. The lowest BCUT2D eigenvalue weighted by Crippen LogP contribution is -2.55. The van der Waals surface area contributed by atoms with Crippen LogP contribution >= 0.6 is 23.2 Å². The average Bonchev–Trinajstić information content (AvgIpc) is 3.51. The van der Waals surface area contributed by atoms with E-state index in [1.165, 1.54) is 37.9 Å². The van der Waals surface area contributed by atoms with Crippen LogP contribution < -0.4 is 24.6 Å². The third-order valence-corrected chi connectivity index (χ3v) is 10.00. The van der Waals surface area contributed by atoms with Crippen molar-refractivity contribution < 1.29 is 28.5 Å². The minimum absolute atomic E-state index is 0.0547. The number of rotatable bonds is 12. The zero-order chi connectivity index (χ0) is 38.7. The number of halogens is 2. The van der Waals surface area contributed by atoms with Gasteiger partial charge in [0.25, 0.3) is 0 Å². The van der Waals surface area contributed by atoms with Gasteiger partial charge < -0.3 is 38.9 Å². The maximum absolute atomic E-state index is 14.6. The summed E-state index contributed by atoms with van der Waals surface area (Å²) in [4.78, 5) is 65.0. The number of hydrogen-bond donors (Lipinski definition) is 1. The number of methoxy groups -OCH3 is 2. The zero-order valence-electron chi connectivity index (χ0n) is 30.3. The van der Waals surface area contributed by atoms with Crippen molar-refractivity contribution in [3.8, 4) is 11.5 Å². The number of amides is 3. The van der Waals surface area contributed by atoms with Crippen molar-refractivity contribution in [2.24, 2.45) is 7.05 Å². The highest BCUT2D eigenvalue weighted by Crippen LogP contribution is 2.48. The van der Waals surface area contributed by atoms with E-state index in [2.05, 4.69) is 25.3 Å². The number of anilines is 4. The van der Waals surface area contributed by atoms with Crippen LogP contribution in [0.2, 0.25) is 10.0 Å². The first kappa shape index (κ1) is 38.1. The molecule has 1 fully saturated rings. The highest BCUT2D eigenvalue weighted by Gasteiger charge is 2.41. The number of carbonyl (C=O) groups excluding carboxylic acids is 2. The highest BCUT2D eigenvalue weighted by molar-refractivity contribution is 6.42. The Balaban J connectivity index is 1.22. The number of likely N-dealkylation sites (tertiary alicyclic amines) is 1. The van der Waals surface area contributed by atoms with E-state index in [0.717, 1.165) is 0 Å². The number of ether oxygens (including phenoxy) is 2. The minimum Gasteiger partial charge on any atom is -0.495 e. The first-order valence-electron chi connectivity index (χ1n) is 16.8. The Morgan fingerprint density at radius 3 is 2.46 bits per heavy atom. The molecule has 0 spiro atoms. The number of benzene rings is 1. The molecule has 20 heteroatoms. The summed E-state index contributed by atoms with van der Waals surface area (Å²) in [6.45, 7) is 1.60. The summed E-state index contributed by atoms with van der Waals surface area (Å²) in [5.74, 6) is 1.32. The lowest BCUT2D eigenvalue weighted by molar-refractivity contribution is -0.898. The van der Waals surface area contributed by atoms with Gasteiger partial charge >= 0.3 is 11.8 Å². The van der Waals surface area contributed by atoms with Crippen LogP contribution in [-0.4, -0.2) is 110 Å². The van der Waals surface area contributed by atoms with E-state index in [1.807, 2.05) is 14.1 Å². The first-order chi connectivity index (χ1) is 25.8. The number of hydrogen-bond acceptors (Lipinski definition) is 12. The standard InChI is InChI=1S/C34H39Cl2N12O6/c1-43-20-40-32(47(51)52)23(43)18-48(2,3)14-6-7-27(49)44-12-9-22(10-13-44)46-31-21(16-38-33(42-31)41-26-8-11-37-19-39-26)17-45(34(46)50)30-28(35)24(53-4)15-25(54-5)29(30)36/h6-8,11,15-16,19-20,22H,9-10,12-14,17-18H2,1-5H3,(H,37,38,39,41,42)/q+1/b7-6+. The Bertz CT molecular complexity index is 2060. The van der Waals surface area contributed by atoms with Crippen LogP contribution in [0.15, 0.2) is 49.3 Å². The van der Waals surface area contributed by atoms with E-state index in [1.54, 1.807) is 52.0 Å². The van der Waals surface area contributed by atoms with Crippen molar-refractivity contribution in [2.45, 2.75) is 32.0 Å². The van der Waals surface area contributed by atoms with Crippen LogP contribution in [0.3, 0.4) is 0 Å². The second kappa shape index (κ2) is 15.8. The van der Waals surface area contributed by atoms with Gasteiger partial charge in [-0.3, -0.25) is 14.6 Å². The monoisotopic (exact) mass is 781 g/mol. The molecule has 3 amide bonds. The third kappa shape index (κ3) is 7.85. The Hall–Kier alpha value is -5.59. The number of fused-ring (bicyclic) bond motifs is 1. The summed E-state index contributed by atoms with van der Waals surface area (Å²) in [5, 5.41) is 14.8. The van der Waals surface area contributed by atoms with Gasteiger partial charge in [-0.15, -0.1) is 0 Å². The summed E-state index contributed by atoms with van der Waals surface area (Å²) >= 11 is 13.6. The Morgan fingerprint density at radius 1 is 1.13 bits per heavy atom. The van der Waals surface area contributed by atoms with Crippen molar-refractivity contribution in [3.05, 3.63) is 80.8 Å². The summed E-state index contributed by atoms with van der Waals surface area (Å²) in [7, 11) is 8.48. The van der Waals surface area contributed by atoms with Crippen molar-refractivity contribution in [1.82, 2.24) is 34.4 Å². The number of likely N-dealkylation sites (N-methyl/N-ethyl adjacent to an activating group) is 1. The molecule has 4 aromatic rings. The molecule has 0 aliphatic carbocycles. The molecule has 0 saturated carbocycles. The molecule has 1 N–H and O–H groups in total. The van der Waals surface area contributed by atoms with Crippen LogP contribution in [0.1, 0.15) is 24.1 Å². The molecule has 1 aromatic carbocycles. The van der Waals surface area contributed by atoms with Crippen molar-refractivity contribution in [2.75, 3.05) is 63.1 Å². The molecule has 1 saturated heterocycles. The topological polar surface area (TPSA) is 187 Å². The normalized spacial score (nSPS) is 15.1. The molecule has 0 atom stereocenters. The summed E-state index contributed by atoms with van der Waals surface area (Å²) in [6, 6.07) is 2.44. The summed E-state index contributed by atoms with van der Waals surface area (Å²) < 4.78 is 13.0. The molecule has 6 rings (SSSR count). The maximum atomic E-state index is 14.6. The fourth-order valence-corrected chi connectivity index (χ4v) is 7.17. The molecule has 5 heterocycles. The van der Waals surface area contributed by atoms with E-state index in [-0.39, 0.29) is 57.5 Å². The maximum Gasteiger partial charge on any atom is 0.390 e. The number of urea groups is 1. The number of aryl methyl sites for hydroxylation is 1. The molecule has 0 bridgehead atoms. The van der Waals surface area contributed by atoms with Crippen LogP contribution in [0.4, 0.5) is 33.9 Å². The van der Waals surface area contributed by atoms with E-state index < -0.39 is 11.0 Å². The number of aromatic nitrogens is 6. The van der Waals surface area contributed by atoms with Crippen molar-refractivity contribution in [3.63, 3.8) is 0 Å². The third-order valence-electron chi connectivity index (χ3n) is 9.27. The molecule has 2 aliphatic rings. The van der Waals surface area contributed by atoms with Crippen LogP contribution in [-0.2, 0) is 24.9 Å². The molecule has 54 heavy (non-hydrogen) atoms. The zero-order valence-corrected chi connectivity index (χ0v) is 31.8. The first-order valence-corrected chi connectivity index (χ1v) is 17.6. The van der Waals surface area contributed by atoms with Crippen molar-refractivity contribution in [1.29, 1.82) is 0 Å². The largest absolute Gasteiger partial charge is 0.495 e. The molecule has 0 radical (unpaired) electrons. The predicted molar refractivity (Wildman–Crippen MR) is 200 cm³/mol. The average molecular weight is 783 g/mol. The lowest BCUT2D eigenvalue weighted by Gasteiger charge is -2.43. The van der Waals surface area contributed by atoms with Gasteiger partial charge in [-0.2, -0.15) is 4.98 Å². The van der Waals surface area contributed by atoms with E-state index >= 15 is 0 Å². The second-order valence-electron chi connectivity index (χ2n) is 13.4. The van der Waals surface area contributed by atoms with Gasteiger partial charge in [-0.25, -0.2) is 19.7 Å². The smallest absolute Gasteiger partial charge is 0.390 e. The van der Waals surface area contributed by atoms with E-state index in [0.29, 0.717) is 66.4 Å². The fraction of sp³-hybridized carbons (Fsp3) is 0.382. The van der Waals surface area contributed by atoms with Gasteiger partial charge in [0, 0.05) is 56.3 Å². The quantitative estimate of drug-likeness (QED) is 0.0902. The van der Waals surface area contributed by atoms with Crippen LogP contribution in [0.5, 0.6) is 11.5 Å². The van der Waals surface area contributed by atoms with E-state index in [4.69, 9.17) is 37.7 Å². The minimum atomic E-state index is -0.491.